The first-order valence-corrected chi connectivity index (χ1v) is 11.0. The molecule has 0 aliphatic carbocycles. The molecule has 7 heteroatoms. The lowest BCUT2D eigenvalue weighted by Crippen LogP contribution is -2.36. The van der Waals surface area contributed by atoms with E-state index in [4.69, 9.17) is 5.73 Å². The fraction of sp³-hybridized carbons (Fsp3) is 0.650. The maximum atomic E-state index is 12.9. The molecule has 0 bridgehead atoms. The summed E-state index contributed by atoms with van der Waals surface area (Å²) >= 11 is 0. The number of nitrogens with one attached hydrogen (secondary N) is 1. The number of benzene rings is 1. The highest BCUT2D eigenvalue weighted by Gasteiger charge is 2.34. The molecule has 1 atom stereocenters. The Morgan fingerprint density at radius 1 is 1.07 bits per heavy atom. The first kappa shape index (κ1) is 21.9. The smallest absolute Gasteiger partial charge is 0.241 e. The number of hydrogen-bond donors (Lipinski definition) is 2. The normalized spacial score (nSPS) is 20.3. The summed E-state index contributed by atoms with van der Waals surface area (Å²) in [6, 6.07) is 0. The third-order valence-electron chi connectivity index (χ3n) is 6.23. The molecule has 152 valence electrons. The summed E-state index contributed by atoms with van der Waals surface area (Å²) in [6.45, 7) is 13.6. The lowest BCUT2D eigenvalue weighted by molar-refractivity contribution is -0.130. The van der Waals surface area contributed by atoms with Crippen LogP contribution >= 0.6 is 0 Å². The maximum Gasteiger partial charge on any atom is 0.241 e. The Morgan fingerprint density at radius 2 is 1.59 bits per heavy atom. The van der Waals surface area contributed by atoms with E-state index in [1.165, 1.54) is 0 Å². The zero-order valence-corrected chi connectivity index (χ0v) is 18.2. The van der Waals surface area contributed by atoms with Crippen molar-refractivity contribution in [1.29, 1.82) is 0 Å². The highest BCUT2D eigenvalue weighted by molar-refractivity contribution is 7.89. The molecule has 1 aliphatic heterocycles. The summed E-state index contributed by atoms with van der Waals surface area (Å²) in [7, 11) is -3.67. The largest absolute Gasteiger partial charge is 0.342 e. The molecule has 27 heavy (non-hydrogen) atoms. The van der Waals surface area contributed by atoms with Gasteiger partial charge in [0.2, 0.25) is 15.9 Å². The van der Waals surface area contributed by atoms with Gasteiger partial charge in [0, 0.05) is 26.1 Å². The predicted molar refractivity (Wildman–Crippen MR) is 108 cm³/mol. The van der Waals surface area contributed by atoms with Crippen molar-refractivity contribution in [2.45, 2.75) is 59.3 Å². The van der Waals surface area contributed by atoms with Crippen LogP contribution in [0.5, 0.6) is 0 Å². The van der Waals surface area contributed by atoms with E-state index in [9.17, 15) is 13.2 Å². The van der Waals surface area contributed by atoms with Crippen LogP contribution in [-0.4, -0.2) is 45.4 Å². The summed E-state index contributed by atoms with van der Waals surface area (Å²) in [5.41, 5.74) is 10.4. The molecule has 1 aliphatic rings. The van der Waals surface area contributed by atoms with Crippen LogP contribution in [0.1, 0.15) is 47.6 Å². The van der Waals surface area contributed by atoms with Crippen molar-refractivity contribution in [3.05, 3.63) is 27.8 Å². The number of likely N-dealkylation sites (tertiary alicyclic amines) is 1. The number of rotatable bonds is 6. The average Bonchev–Trinajstić information content (AvgIpc) is 3.01. The molecule has 0 aromatic heterocycles. The number of nitrogens with two attached hydrogens (primary N) is 1. The fourth-order valence-electron chi connectivity index (χ4n) is 3.79. The molecule has 6 nitrogen and oxygen atoms in total. The molecule has 1 aromatic carbocycles. The van der Waals surface area contributed by atoms with E-state index in [1.807, 2.05) is 34.6 Å². The van der Waals surface area contributed by atoms with Gasteiger partial charge in [0.15, 0.2) is 0 Å². The van der Waals surface area contributed by atoms with Crippen LogP contribution in [0.4, 0.5) is 0 Å². The van der Waals surface area contributed by atoms with Gasteiger partial charge in [-0.05, 0) is 80.8 Å². The second-order valence-corrected chi connectivity index (χ2v) is 9.89. The van der Waals surface area contributed by atoms with Gasteiger partial charge in [-0.2, -0.15) is 0 Å². The molecule has 1 unspecified atom stereocenters. The van der Waals surface area contributed by atoms with Crippen LogP contribution in [-0.2, 0) is 14.8 Å². The summed E-state index contributed by atoms with van der Waals surface area (Å²) in [5, 5.41) is 0. The van der Waals surface area contributed by atoms with E-state index in [0.717, 1.165) is 34.2 Å². The molecule has 1 aromatic rings. The van der Waals surface area contributed by atoms with E-state index in [-0.39, 0.29) is 24.3 Å². The summed E-state index contributed by atoms with van der Waals surface area (Å²) < 4.78 is 28.4. The van der Waals surface area contributed by atoms with Gasteiger partial charge < -0.3 is 10.6 Å². The van der Waals surface area contributed by atoms with Gasteiger partial charge in [0.1, 0.15) is 0 Å². The Bertz CT molecular complexity index is 820. The molecule has 0 saturated carbocycles. The van der Waals surface area contributed by atoms with Gasteiger partial charge in [0.25, 0.3) is 0 Å². The van der Waals surface area contributed by atoms with Gasteiger partial charge in [0.05, 0.1) is 4.90 Å². The van der Waals surface area contributed by atoms with E-state index in [1.54, 1.807) is 4.90 Å². The number of amides is 1. The Morgan fingerprint density at radius 3 is 2.07 bits per heavy atom. The van der Waals surface area contributed by atoms with Gasteiger partial charge in [-0.3, -0.25) is 4.79 Å². The van der Waals surface area contributed by atoms with Crippen molar-refractivity contribution in [3.63, 3.8) is 0 Å². The maximum absolute atomic E-state index is 12.9. The van der Waals surface area contributed by atoms with Crippen LogP contribution in [0, 0.1) is 40.0 Å². The summed E-state index contributed by atoms with van der Waals surface area (Å²) in [4.78, 5) is 14.5. The minimum absolute atomic E-state index is 0.0274. The third kappa shape index (κ3) is 4.36. The van der Waals surface area contributed by atoms with E-state index in [0.29, 0.717) is 24.5 Å². The zero-order valence-electron chi connectivity index (χ0n) is 17.4. The lowest BCUT2D eigenvalue weighted by atomic mass is 9.90. The minimum Gasteiger partial charge on any atom is -0.342 e. The van der Waals surface area contributed by atoms with Gasteiger partial charge >= 0.3 is 0 Å². The first-order valence-electron chi connectivity index (χ1n) is 9.48. The first-order chi connectivity index (χ1) is 12.4. The Labute approximate surface area is 163 Å². The molecular weight excluding hydrogens is 362 g/mol. The van der Waals surface area contributed by atoms with E-state index in [2.05, 4.69) is 11.6 Å². The van der Waals surface area contributed by atoms with Crippen molar-refractivity contribution in [2.75, 3.05) is 26.2 Å². The van der Waals surface area contributed by atoms with Crippen LogP contribution in [0.3, 0.4) is 0 Å². The third-order valence-corrected chi connectivity index (χ3v) is 7.97. The second-order valence-electron chi connectivity index (χ2n) is 8.18. The van der Waals surface area contributed by atoms with Crippen molar-refractivity contribution in [2.24, 2.45) is 11.1 Å². The van der Waals surface area contributed by atoms with Crippen molar-refractivity contribution in [1.82, 2.24) is 9.62 Å². The Balaban J connectivity index is 2.08. The highest BCUT2D eigenvalue weighted by atomic mass is 32.2. The van der Waals surface area contributed by atoms with Gasteiger partial charge in [-0.15, -0.1) is 0 Å². The average molecular weight is 396 g/mol. The molecule has 0 spiro atoms. The molecule has 0 radical (unpaired) electrons. The lowest BCUT2D eigenvalue weighted by Gasteiger charge is -2.23. The number of carbonyl (C=O) groups is 1. The molecular formula is C20H33N3O3S. The van der Waals surface area contributed by atoms with Crippen LogP contribution in [0.2, 0.25) is 0 Å². The highest BCUT2D eigenvalue weighted by Crippen LogP contribution is 2.30. The predicted octanol–water partition coefficient (Wildman–Crippen LogP) is 2.09. The van der Waals surface area contributed by atoms with Gasteiger partial charge in [-0.1, -0.05) is 6.92 Å². The van der Waals surface area contributed by atoms with Crippen molar-refractivity contribution >= 4 is 15.9 Å². The molecule has 1 amide bonds. The fourth-order valence-corrected chi connectivity index (χ4v) is 5.42. The van der Waals surface area contributed by atoms with E-state index < -0.39 is 10.0 Å². The number of nitrogens with zero attached hydrogens (tertiary/aromatic N) is 1. The monoisotopic (exact) mass is 395 g/mol. The molecule has 3 N–H and O–H groups in total. The van der Waals surface area contributed by atoms with Gasteiger partial charge in [-0.25, -0.2) is 13.1 Å². The number of carbonyl (C=O) groups excluding carboxylic acids is 1. The second kappa shape index (κ2) is 7.89. The zero-order chi connectivity index (χ0) is 20.6. The van der Waals surface area contributed by atoms with Crippen LogP contribution in [0.15, 0.2) is 4.90 Å². The minimum atomic E-state index is -3.67. The SMILES string of the molecule is Cc1c(C)c(C)c(S(=O)(=O)NCCC(=O)N2CCC(C)(CN)C2)c(C)c1C. The van der Waals surface area contributed by atoms with Crippen molar-refractivity contribution < 1.29 is 13.2 Å². The van der Waals surface area contributed by atoms with E-state index >= 15 is 0 Å². The summed E-state index contributed by atoms with van der Waals surface area (Å²) in [5.74, 6) is -0.0282. The topological polar surface area (TPSA) is 92.5 Å². The molecule has 1 fully saturated rings. The van der Waals surface area contributed by atoms with Crippen molar-refractivity contribution in [3.8, 4) is 0 Å². The Kier molecular flexibility index (Phi) is 6.39. The quantitative estimate of drug-likeness (QED) is 0.771. The number of hydrogen-bond acceptors (Lipinski definition) is 4. The number of sulfonamides is 1. The molecule has 1 saturated heterocycles. The molecule has 2 rings (SSSR count). The van der Waals surface area contributed by atoms with Crippen LogP contribution < -0.4 is 10.5 Å². The van der Waals surface area contributed by atoms with Crippen LogP contribution in [0.25, 0.3) is 0 Å². The molecule has 1 heterocycles. The summed E-state index contributed by atoms with van der Waals surface area (Å²) in [6.07, 6.45) is 1.04. The Hall–Kier alpha value is -1.44. The standard InChI is InChI=1S/C20H33N3O3S/c1-13-14(2)16(4)19(17(5)15(13)3)27(25,26)22-9-7-18(24)23-10-8-20(6,11-21)12-23/h22H,7-12,21H2,1-6H3.